The van der Waals surface area contributed by atoms with Crippen LogP contribution >= 0.6 is 0 Å². The SMILES string of the molecule is COc1ccc(F)cc1NC(=O)C#C[Si](C)(C)C. The van der Waals surface area contributed by atoms with Crippen molar-refractivity contribution in [1.82, 2.24) is 0 Å². The van der Waals surface area contributed by atoms with Crippen molar-refractivity contribution in [2.24, 2.45) is 0 Å². The van der Waals surface area contributed by atoms with Crippen LogP contribution in [-0.4, -0.2) is 21.1 Å². The number of carbonyl (C=O) groups excluding carboxylic acids is 1. The lowest BCUT2D eigenvalue weighted by atomic mass is 10.3. The fourth-order valence-electron chi connectivity index (χ4n) is 1.18. The first-order valence-corrected chi connectivity index (χ1v) is 8.99. The molecule has 5 heteroatoms. The summed E-state index contributed by atoms with van der Waals surface area (Å²) in [6, 6.07) is 3.92. The molecule has 96 valence electrons. The molecule has 0 saturated carbocycles. The van der Waals surface area contributed by atoms with Crippen molar-refractivity contribution in [2.45, 2.75) is 19.6 Å². The van der Waals surface area contributed by atoms with Gasteiger partial charge in [0.05, 0.1) is 12.8 Å². The summed E-state index contributed by atoms with van der Waals surface area (Å²) < 4.78 is 18.1. The Hall–Kier alpha value is -1.80. The summed E-state index contributed by atoms with van der Waals surface area (Å²) in [6.07, 6.45) is 0. The van der Waals surface area contributed by atoms with E-state index in [1.165, 1.54) is 25.3 Å². The van der Waals surface area contributed by atoms with Crippen LogP contribution in [0.1, 0.15) is 0 Å². The van der Waals surface area contributed by atoms with Crippen LogP contribution in [0.15, 0.2) is 18.2 Å². The smallest absolute Gasteiger partial charge is 0.299 e. The second kappa shape index (κ2) is 5.69. The van der Waals surface area contributed by atoms with Crippen LogP contribution < -0.4 is 10.1 Å². The summed E-state index contributed by atoms with van der Waals surface area (Å²) >= 11 is 0. The highest BCUT2D eigenvalue weighted by Crippen LogP contribution is 2.24. The summed E-state index contributed by atoms with van der Waals surface area (Å²) in [4.78, 5) is 11.6. The molecule has 0 aromatic heterocycles. The van der Waals surface area contributed by atoms with Gasteiger partial charge in [0.15, 0.2) is 0 Å². The van der Waals surface area contributed by atoms with Crippen LogP contribution in [0, 0.1) is 17.3 Å². The molecule has 18 heavy (non-hydrogen) atoms. The fourth-order valence-corrected chi connectivity index (χ4v) is 1.66. The second-order valence-electron chi connectivity index (χ2n) is 4.80. The quantitative estimate of drug-likeness (QED) is 0.659. The van der Waals surface area contributed by atoms with E-state index in [0.29, 0.717) is 5.75 Å². The Labute approximate surface area is 107 Å². The predicted molar refractivity (Wildman–Crippen MR) is 72.7 cm³/mol. The summed E-state index contributed by atoms with van der Waals surface area (Å²) in [5.41, 5.74) is 3.22. The lowest BCUT2D eigenvalue weighted by Gasteiger charge is -2.08. The van der Waals surface area contributed by atoms with Gasteiger partial charge < -0.3 is 10.1 Å². The first kappa shape index (κ1) is 14.3. The van der Waals surface area contributed by atoms with Crippen molar-refractivity contribution in [3.05, 3.63) is 24.0 Å². The lowest BCUT2D eigenvalue weighted by molar-refractivity contribution is -0.111. The minimum Gasteiger partial charge on any atom is -0.495 e. The Balaban J connectivity index is 2.87. The second-order valence-corrected chi connectivity index (χ2v) is 9.55. The number of hydrogen-bond acceptors (Lipinski definition) is 2. The van der Waals surface area contributed by atoms with Gasteiger partial charge in [0.1, 0.15) is 19.6 Å². The Morgan fingerprint density at radius 3 is 2.61 bits per heavy atom. The van der Waals surface area contributed by atoms with E-state index >= 15 is 0 Å². The number of nitrogens with one attached hydrogen (secondary N) is 1. The monoisotopic (exact) mass is 265 g/mol. The van der Waals surface area contributed by atoms with Gasteiger partial charge in [0, 0.05) is 6.07 Å². The molecule has 0 aliphatic carbocycles. The van der Waals surface area contributed by atoms with Gasteiger partial charge >= 0.3 is 0 Å². The summed E-state index contributed by atoms with van der Waals surface area (Å²) in [7, 11) is -0.142. The molecule has 3 nitrogen and oxygen atoms in total. The Kier molecular flexibility index (Phi) is 4.51. The standard InChI is InChI=1S/C13H16FNO2Si/c1-17-12-6-5-10(14)9-11(12)15-13(16)7-8-18(2,3)4/h5-6,9H,1-4H3,(H,15,16). The van der Waals surface area contributed by atoms with Gasteiger partial charge in [0.25, 0.3) is 5.91 Å². The third-order valence-electron chi connectivity index (χ3n) is 1.96. The molecular weight excluding hydrogens is 249 g/mol. The molecule has 0 bridgehead atoms. The van der Waals surface area contributed by atoms with Gasteiger partial charge in [-0.15, -0.1) is 5.54 Å². The maximum atomic E-state index is 13.1. The van der Waals surface area contributed by atoms with Gasteiger partial charge in [-0.3, -0.25) is 4.79 Å². The first-order valence-electron chi connectivity index (χ1n) is 5.49. The number of carbonyl (C=O) groups is 1. The number of anilines is 1. The first-order chi connectivity index (χ1) is 8.31. The van der Waals surface area contributed by atoms with Crippen molar-refractivity contribution in [3.8, 4) is 17.2 Å². The Morgan fingerprint density at radius 1 is 1.39 bits per heavy atom. The molecule has 1 aromatic rings. The number of benzene rings is 1. The number of methoxy groups -OCH3 is 1. The van der Waals surface area contributed by atoms with Crippen LogP contribution in [0.2, 0.25) is 19.6 Å². The predicted octanol–water partition coefficient (Wildman–Crippen LogP) is 2.65. The van der Waals surface area contributed by atoms with Crippen LogP contribution in [-0.2, 0) is 4.79 Å². The molecule has 0 fully saturated rings. The van der Waals surface area contributed by atoms with Gasteiger partial charge in [-0.2, -0.15) is 0 Å². The van der Waals surface area contributed by atoms with E-state index in [4.69, 9.17) is 4.74 Å². The van der Waals surface area contributed by atoms with Crippen molar-refractivity contribution in [3.63, 3.8) is 0 Å². The molecule has 0 saturated heterocycles. The lowest BCUT2D eigenvalue weighted by Crippen LogP contribution is -2.18. The van der Waals surface area contributed by atoms with E-state index in [0.717, 1.165) is 0 Å². The molecule has 0 heterocycles. The van der Waals surface area contributed by atoms with Crippen molar-refractivity contribution in [1.29, 1.82) is 0 Å². The van der Waals surface area contributed by atoms with Gasteiger partial charge in [-0.1, -0.05) is 19.6 Å². The van der Waals surface area contributed by atoms with E-state index in [2.05, 4.69) is 16.8 Å². The number of amides is 1. The fraction of sp³-hybridized carbons (Fsp3) is 0.308. The zero-order chi connectivity index (χ0) is 13.8. The van der Waals surface area contributed by atoms with Crippen LogP contribution in [0.3, 0.4) is 0 Å². The van der Waals surface area contributed by atoms with Gasteiger partial charge in [-0.25, -0.2) is 4.39 Å². The van der Waals surface area contributed by atoms with Crippen molar-refractivity contribution >= 4 is 19.7 Å². The number of rotatable bonds is 2. The molecule has 0 spiro atoms. The van der Waals surface area contributed by atoms with Crippen molar-refractivity contribution < 1.29 is 13.9 Å². The van der Waals surface area contributed by atoms with Crippen LogP contribution in [0.4, 0.5) is 10.1 Å². The minimum atomic E-state index is -1.60. The van der Waals surface area contributed by atoms with Crippen molar-refractivity contribution in [2.75, 3.05) is 12.4 Å². The maximum absolute atomic E-state index is 13.1. The minimum absolute atomic E-state index is 0.285. The zero-order valence-electron chi connectivity index (χ0n) is 10.9. The third-order valence-corrected chi connectivity index (χ3v) is 2.84. The zero-order valence-corrected chi connectivity index (χ0v) is 11.9. The third kappa shape index (κ3) is 4.59. The molecular formula is C13H16FNO2Si. The number of halogens is 1. The molecule has 1 aromatic carbocycles. The highest BCUT2D eigenvalue weighted by atomic mass is 28.3. The average Bonchev–Trinajstić information content (AvgIpc) is 2.26. The highest BCUT2D eigenvalue weighted by molar-refractivity contribution is 6.84. The molecule has 0 aliphatic rings. The Morgan fingerprint density at radius 2 is 2.06 bits per heavy atom. The maximum Gasteiger partial charge on any atom is 0.299 e. The molecule has 1 N–H and O–H groups in total. The topological polar surface area (TPSA) is 38.3 Å². The van der Waals surface area contributed by atoms with Gasteiger partial charge in [0.2, 0.25) is 0 Å². The average molecular weight is 265 g/mol. The summed E-state index contributed by atoms with van der Waals surface area (Å²) in [6.45, 7) is 6.11. The van der Waals surface area contributed by atoms with E-state index in [1.807, 2.05) is 19.6 Å². The molecule has 1 rings (SSSR count). The molecule has 0 unspecified atom stereocenters. The summed E-state index contributed by atoms with van der Waals surface area (Å²) in [5, 5.41) is 2.52. The van der Waals surface area contributed by atoms with Crippen LogP contribution in [0.5, 0.6) is 5.75 Å². The number of hydrogen-bond donors (Lipinski definition) is 1. The molecule has 0 aliphatic heterocycles. The largest absolute Gasteiger partial charge is 0.495 e. The van der Waals surface area contributed by atoms with E-state index < -0.39 is 19.8 Å². The highest BCUT2D eigenvalue weighted by Gasteiger charge is 2.10. The van der Waals surface area contributed by atoms with Gasteiger partial charge in [-0.05, 0) is 18.1 Å². The number of ether oxygens (including phenoxy) is 1. The molecule has 0 radical (unpaired) electrons. The molecule has 0 atom stereocenters. The normalized spacial score (nSPS) is 10.3. The van der Waals surface area contributed by atoms with E-state index in [-0.39, 0.29) is 5.69 Å². The summed E-state index contributed by atoms with van der Waals surface area (Å²) in [5.74, 6) is 2.03. The van der Waals surface area contributed by atoms with E-state index in [1.54, 1.807) is 0 Å². The molecule has 1 amide bonds. The Bertz CT molecular complexity index is 512. The van der Waals surface area contributed by atoms with Crippen LogP contribution in [0.25, 0.3) is 0 Å². The van der Waals surface area contributed by atoms with E-state index in [9.17, 15) is 9.18 Å².